The molecule has 0 aromatic rings. The number of nitrogens with zero attached hydrogens (tertiary/aromatic N) is 2. The van der Waals surface area contributed by atoms with E-state index in [2.05, 4.69) is 0 Å². The molecule has 170 valence electrons. The zero-order valence-corrected chi connectivity index (χ0v) is 39.3. The van der Waals surface area contributed by atoms with Gasteiger partial charge >= 0.3 is 207 Å². The van der Waals surface area contributed by atoms with E-state index in [1.807, 2.05) is 0 Å². The van der Waals surface area contributed by atoms with E-state index in [0.717, 1.165) is 4.90 Å². The molecule has 0 aliphatic rings. The van der Waals surface area contributed by atoms with E-state index in [-0.39, 0.29) is 233 Å². The predicted molar refractivity (Wildman–Crippen MR) is 84.0 cm³/mol. The first-order chi connectivity index (χ1) is 12.4. The third-order valence-corrected chi connectivity index (χ3v) is 6.19. The molecule has 0 fully saturated rings. The maximum Gasteiger partial charge on any atom is 1.00 e. The molecule has 0 rings (SSSR count). The Labute approximate surface area is 361 Å². The van der Waals surface area contributed by atoms with Gasteiger partial charge in [-0.25, -0.2) is 0 Å². The van der Waals surface area contributed by atoms with E-state index in [9.17, 15) is 52.5 Å². The van der Waals surface area contributed by atoms with Gasteiger partial charge < -0.3 is 57.4 Å². The Morgan fingerprint density at radius 1 is 0.457 bits per heavy atom. The molecule has 0 aromatic carbocycles. The average Bonchev–Trinajstić information content (AvgIpc) is 2.34. The third kappa shape index (κ3) is 48.6. The summed E-state index contributed by atoms with van der Waals surface area (Å²) >= 11 is 0. The third-order valence-electron chi connectivity index (χ3n) is 3.20. The van der Waals surface area contributed by atoms with Crippen LogP contribution in [-0.2, 0) is 18.3 Å². The zero-order valence-electron chi connectivity index (χ0n) is 21.7. The summed E-state index contributed by atoms with van der Waals surface area (Å²) in [5.74, 6) is 0. The van der Waals surface area contributed by atoms with Crippen LogP contribution in [0.15, 0.2) is 0 Å². The first-order valence-corrected chi connectivity index (χ1v) is 14.8. The van der Waals surface area contributed by atoms with Crippen molar-refractivity contribution in [1.29, 1.82) is 0 Å². The van der Waals surface area contributed by atoms with Gasteiger partial charge in [-0.2, -0.15) is 0 Å². The molecule has 1 N–H and O–H groups in total. The second-order valence-electron chi connectivity index (χ2n) is 6.24. The molecule has 1 atom stereocenters. The van der Waals surface area contributed by atoms with Crippen LogP contribution < -0.4 is 241 Å². The SMILES string of the molecule is O=P([O-])([O-])CN(CCCCCCN(CP(=O)([O-])[O-])CP(=O)([O-])O)CP(=O)([O-])[O-].[Na+].[Na+].[Na+].[Na+].[Na+].[Na+].[Na+]. The Bertz CT molecular complexity index is 572. The van der Waals surface area contributed by atoms with Crippen LogP contribution in [0.4, 0.5) is 0 Å². The van der Waals surface area contributed by atoms with Crippen molar-refractivity contribution in [3.05, 3.63) is 0 Å². The van der Waals surface area contributed by atoms with Crippen LogP contribution in [0.3, 0.4) is 0 Å². The summed E-state index contributed by atoms with van der Waals surface area (Å²) in [4.78, 5) is 85.6. The molecule has 0 bridgehead atoms. The summed E-state index contributed by atoms with van der Waals surface area (Å²) in [6.45, 7) is -0.313. The Kier molecular flexibility index (Phi) is 53.1. The molecule has 0 radical (unpaired) electrons. The second kappa shape index (κ2) is 30.2. The summed E-state index contributed by atoms with van der Waals surface area (Å²) in [5.41, 5.74) is 0. The summed E-state index contributed by atoms with van der Waals surface area (Å²) in [6.07, 6.45) is -3.24. The maximum absolute atomic E-state index is 10.9. The molecule has 14 nitrogen and oxygen atoms in total. The zero-order chi connectivity index (χ0) is 22.2. The van der Waals surface area contributed by atoms with Crippen LogP contribution in [0.1, 0.15) is 25.7 Å². The van der Waals surface area contributed by atoms with Crippen LogP contribution in [0.2, 0.25) is 0 Å². The molecule has 0 heterocycles. The fourth-order valence-corrected chi connectivity index (χ4v) is 5.64. The van der Waals surface area contributed by atoms with Gasteiger partial charge in [0.1, 0.15) is 7.60 Å². The predicted octanol–water partition coefficient (Wildman–Crippen LogP) is -25.7. The van der Waals surface area contributed by atoms with Gasteiger partial charge in [-0.1, -0.05) is 35.6 Å². The van der Waals surface area contributed by atoms with Gasteiger partial charge in [-0.3, -0.25) is 9.80 Å². The first kappa shape index (κ1) is 61.5. The Balaban J connectivity index is -0.000000174. The molecule has 35 heavy (non-hydrogen) atoms. The normalized spacial score (nSPS) is 12.7. The fraction of sp³-hybridized carbons (Fsp3) is 1.00. The standard InChI is InChI=1S/C10H28N2O12P4.7Na/c13-25(14,15)7-11(8-26(16,17)18)5-3-1-2-4-6-12(9-27(19,20)21)10-28(22,23)24;;;;;;;/h1-10H2,(H2,13,14,15)(H2,16,17,18)(H2,19,20,21)(H2,22,23,24);;;;;;;/q;7*+1/p-7. The quantitative estimate of drug-likeness (QED) is 0.0985. The number of hydrogen-bond donors (Lipinski definition) is 1. The minimum atomic E-state index is -5.07. The van der Waals surface area contributed by atoms with Crippen molar-refractivity contribution in [2.45, 2.75) is 25.7 Å². The summed E-state index contributed by atoms with van der Waals surface area (Å²) in [7, 11) is -20.0. The number of hydrogen-bond acceptors (Lipinski definition) is 13. The molecule has 0 spiro atoms. The van der Waals surface area contributed by atoms with Gasteiger partial charge in [-0.05, 0) is 25.9 Å². The van der Waals surface area contributed by atoms with Crippen LogP contribution in [0.5, 0.6) is 0 Å². The number of rotatable bonds is 15. The fourth-order valence-electron chi connectivity index (χ4n) is 2.38. The molecule has 0 amide bonds. The van der Waals surface area contributed by atoms with Gasteiger partial charge in [0, 0.05) is 18.9 Å². The molecule has 0 aliphatic heterocycles. The topological polar surface area (TPSA) is 256 Å². The van der Waals surface area contributed by atoms with Gasteiger partial charge in [-0.15, -0.1) is 0 Å². The van der Waals surface area contributed by atoms with Gasteiger partial charge in [0.15, 0.2) is 0 Å². The summed E-state index contributed by atoms with van der Waals surface area (Å²) < 4.78 is 43.1. The van der Waals surface area contributed by atoms with Crippen molar-refractivity contribution in [2.24, 2.45) is 0 Å². The Morgan fingerprint density at radius 2 is 0.686 bits per heavy atom. The molecule has 0 saturated carbocycles. The van der Waals surface area contributed by atoms with Crippen LogP contribution in [0.25, 0.3) is 0 Å². The summed E-state index contributed by atoms with van der Waals surface area (Å²) in [6, 6.07) is 0. The maximum atomic E-state index is 10.9. The largest absolute Gasteiger partial charge is 1.00 e. The smallest absolute Gasteiger partial charge is 0.810 e. The molecule has 0 saturated heterocycles. The van der Waals surface area contributed by atoms with E-state index in [1.54, 1.807) is 0 Å². The minimum Gasteiger partial charge on any atom is -0.810 e. The van der Waals surface area contributed by atoms with Crippen molar-refractivity contribution < 1.29 is 264 Å². The van der Waals surface area contributed by atoms with Crippen molar-refractivity contribution >= 4 is 30.4 Å². The van der Waals surface area contributed by atoms with E-state index in [1.165, 1.54) is 0 Å². The first-order valence-electron chi connectivity index (χ1n) is 7.87. The van der Waals surface area contributed by atoms with E-state index < -0.39 is 55.5 Å². The number of unbranched alkanes of at least 4 members (excludes halogenated alkanes) is 3. The van der Waals surface area contributed by atoms with Crippen molar-refractivity contribution in [3.63, 3.8) is 0 Å². The van der Waals surface area contributed by atoms with Crippen LogP contribution in [0, 0.1) is 0 Å². The molecule has 25 heteroatoms. The van der Waals surface area contributed by atoms with Gasteiger partial charge in [0.25, 0.3) is 0 Å². The average molecular weight is 646 g/mol. The van der Waals surface area contributed by atoms with Crippen molar-refractivity contribution in [2.75, 3.05) is 38.2 Å². The minimum absolute atomic E-state index is 0. The molecule has 0 aromatic heterocycles. The Hall–Kier alpha value is 7.52. The van der Waals surface area contributed by atoms with Crippen LogP contribution in [-0.4, -0.2) is 52.9 Å². The molecule has 1 unspecified atom stereocenters. The second-order valence-corrected chi connectivity index (χ2v) is 12.3. The molecular formula is C10H21N2Na7O12P4. The molecule has 0 aliphatic carbocycles. The van der Waals surface area contributed by atoms with Gasteiger partial charge in [0.2, 0.25) is 0 Å². The monoisotopic (exact) mass is 646 g/mol. The molecular weight excluding hydrogens is 625 g/mol. The summed E-state index contributed by atoms with van der Waals surface area (Å²) in [5, 5.41) is 0. The van der Waals surface area contributed by atoms with Crippen molar-refractivity contribution in [1.82, 2.24) is 9.80 Å². The van der Waals surface area contributed by atoms with Gasteiger partial charge in [0.05, 0.1) is 6.29 Å². The Morgan fingerprint density at radius 3 is 0.886 bits per heavy atom. The van der Waals surface area contributed by atoms with Crippen LogP contribution >= 0.6 is 30.4 Å². The van der Waals surface area contributed by atoms with Crippen molar-refractivity contribution in [3.8, 4) is 0 Å². The van der Waals surface area contributed by atoms with E-state index in [4.69, 9.17) is 4.89 Å². The van der Waals surface area contributed by atoms with E-state index in [0.29, 0.717) is 17.7 Å². The van der Waals surface area contributed by atoms with E-state index >= 15 is 0 Å².